The van der Waals surface area contributed by atoms with Crippen LogP contribution in [0.1, 0.15) is 16.7 Å². The lowest BCUT2D eigenvalue weighted by atomic mass is 10.2. The number of aliphatic hydroxyl groups excluding tert-OH is 1. The molecule has 0 aliphatic carbocycles. The molecule has 116 valence electrons. The third kappa shape index (κ3) is 3.71. The summed E-state index contributed by atoms with van der Waals surface area (Å²) in [4.78, 5) is 15.6. The number of benzene rings is 1. The van der Waals surface area contributed by atoms with Crippen molar-refractivity contribution in [3.05, 3.63) is 58.6 Å². The number of thiazole rings is 1. The minimum atomic E-state index is -4.54. The lowest BCUT2D eigenvalue weighted by Crippen LogP contribution is -2.16. The predicted molar refractivity (Wildman–Crippen MR) is 73.3 cm³/mol. The van der Waals surface area contributed by atoms with E-state index < -0.39 is 23.8 Å². The summed E-state index contributed by atoms with van der Waals surface area (Å²) in [5.74, 6) is -1.31. The second-order valence-corrected chi connectivity index (χ2v) is 5.14. The molecule has 2 aromatic rings. The summed E-state index contributed by atoms with van der Waals surface area (Å²) < 4.78 is 42.5. The summed E-state index contributed by atoms with van der Waals surface area (Å²) >= 11 is 1.11. The topological polar surface area (TPSA) is 59.4 Å². The maximum Gasteiger partial charge on any atom is 0.416 e. The molecule has 1 aromatic carbocycles. The highest BCUT2D eigenvalue weighted by Crippen LogP contribution is 2.31. The molecule has 0 aliphatic heterocycles. The van der Waals surface area contributed by atoms with Gasteiger partial charge in [-0.3, -0.25) is 0 Å². The SMILES string of the molecule is C=C(C(=O)Oc1cccc(C(F)(F)F)c1)C(O)c1nccs1. The molecule has 0 saturated heterocycles. The van der Waals surface area contributed by atoms with Crippen LogP contribution >= 0.6 is 11.3 Å². The second-order valence-electron chi connectivity index (χ2n) is 4.21. The van der Waals surface area contributed by atoms with Gasteiger partial charge in [-0.25, -0.2) is 9.78 Å². The molecule has 22 heavy (non-hydrogen) atoms. The van der Waals surface area contributed by atoms with Gasteiger partial charge in [0.25, 0.3) is 0 Å². The number of aliphatic hydroxyl groups is 1. The third-order valence-corrected chi connectivity index (χ3v) is 3.48. The molecule has 1 atom stereocenters. The largest absolute Gasteiger partial charge is 0.423 e. The van der Waals surface area contributed by atoms with Gasteiger partial charge < -0.3 is 9.84 Å². The molecular weight excluding hydrogens is 319 g/mol. The number of aromatic nitrogens is 1. The van der Waals surface area contributed by atoms with Crippen LogP contribution in [-0.4, -0.2) is 16.1 Å². The Kier molecular flexibility index (Phi) is 4.62. The lowest BCUT2D eigenvalue weighted by molar-refractivity contribution is -0.138. The van der Waals surface area contributed by atoms with Gasteiger partial charge in [-0.15, -0.1) is 11.3 Å². The Balaban J connectivity index is 2.10. The van der Waals surface area contributed by atoms with Crippen molar-refractivity contribution in [3.63, 3.8) is 0 Å². The monoisotopic (exact) mass is 329 g/mol. The van der Waals surface area contributed by atoms with E-state index in [1.54, 1.807) is 5.38 Å². The minimum absolute atomic E-state index is 0.242. The van der Waals surface area contributed by atoms with Crippen LogP contribution in [0, 0.1) is 0 Å². The first-order chi connectivity index (χ1) is 10.3. The molecule has 0 fully saturated rings. The average molecular weight is 329 g/mol. The quantitative estimate of drug-likeness (QED) is 0.531. The first-order valence-corrected chi connectivity index (χ1v) is 6.82. The number of halogens is 3. The number of carbonyl (C=O) groups is 1. The highest BCUT2D eigenvalue weighted by Gasteiger charge is 2.31. The molecule has 0 spiro atoms. The van der Waals surface area contributed by atoms with Crippen molar-refractivity contribution in [2.75, 3.05) is 0 Å². The van der Waals surface area contributed by atoms with Crippen molar-refractivity contribution in [2.24, 2.45) is 0 Å². The van der Waals surface area contributed by atoms with Crippen LogP contribution in [0.3, 0.4) is 0 Å². The number of rotatable bonds is 4. The Morgan fingerprint density at radius 2 is 2.14 bits per heavy atom. The van der Waals surface area contributed by atoms with Crippen LogP contribution < -0.4 is 4.74 Å². The highest BCUT2D eigenvalue weighted by molar-refractivity contribution is 7.09. The summed E-state index contributed by atoms with van der Waals surface area (Å²) in [6.07, 6.45) is -4.47. The summed E-state index contributed by atoms with van der Waals surface area (Å²) in [6.45, 7) is 3.40. The number of carbonyl (C=O) groups excluding carboxylic acids is 1. The number of ether oxygens (including phenoxy) is 1. The van der Waals surface area contributed by atoms with E-state index in [4.69, 9.17) is 4.74 Å². The second kappa shape index (κ2) is 6.29. The van der Waals surface area contributed by atoms with Gasteiger partial charge in [0.2, 0.25) is 0 Å². The van der Waals surface area contributed by atoms with E-state index in [1.165, 1.54) is 12.3 Å². The van der Waals surface area contributed by atoms with Gasteiger partial charge in [0.05, 0.1) is 11.1 Å². The number of hydrogen-bond donors (Lipinski definition) is 1. The Hall–Kier alpha value is -2.19. The molecule has 0 saturated carbocycles. The zero-order valence-electron chi connectivity index (χ0n) is 11.0. The summed E-state index contributed by atoms with van der Waals surface area (Å²) in [5.41, 5.74) is -1.25. The van der Waals surface area contributed by atoms with Crippen molar-refractivity contribution >= 4 is 17.3 Å². The Morgan fingerprint density at radius 1 is 1.41 bits per heavy atom. The fourth-order valence-electron chi connectivity index (χ4n) is 1.54. The molecule has 1 N–H and O–H groups in total. The Bertz CT molecular complexity index is 683. The van der Waals surface area contributed by atoms with E-state index in [0.717, 1.165) is 23.5 Å². The molecule has 4 nitrogen and oxygen atoms in total. The molecule has 1 heterocycles. The van der Waals surface area contributed by atoms with Crippen molar-refractivity contribution in [2.45, 2.75) is 12.3 Å². The molecule has 8 heteroatoms. The fraction of sp³-hybridized carbons (Fsp3) is 0.143. The van der Waals surface area contributed by atoms with Gasteiger partial charge in [0.15, 0.2) is 0 Å². The molecule has 0 radical (unpaired) electrons. The van der Waals surface area contributed by atoms with Gasteiger partial charge >= 0.3 is 12.1 Å². The number of alkyl halides is 3. The summed E-state index contributed by atoms with van der Waals surface area (Å²) in [7, 11) is 0. The Morgan fingerprint density at radius 3 is 2.73 bits per heavy atom. The molecule has 1 unspecified atom stereocenters. The van der Waals surface area contributed by atoms with E-state index in [-0.39, 0.29) is 16.3 Å². The Labute approximate surface area is 127 Å². The zero-order valence-corrected chi connectivity index (χ0v) is 11.8. The molecule has 0 bridgehead atoms. The molecule has 0 amide bonds. The van der Waals surface area contributed by atoms with E-state index >= 15 is 0 Å². The van der Waals surface area contributed by atoms with Crippen molar-refractivity contribution in [3.8, 4) is 5.75 Å². The molecule has 0 aliphatic rings. The smallest absolute Gasteiger partial charge is 0.416 e. The van der Waals surface area contributed by atoms with Crippen molar-refractivity contribution in [1.29, 1.82) is 0 Å². The first kappa shape index (κ1) is 16.2. The van der Waals surface area contributed by atoms with Gasteiger partial charge in [0, 0.05) is 11.6 Å². The minimum Gasteiger partial charge on any atom is -0.423 e. The van der Waals surface area contributed by atoms with Gasteiger partial charge in [0.1, 0.15) is 16.9 Å². The van der Waals surface area contributed by atoms with Gasteiger partial charge in [-0.05, 0) is 18.2 Å². The zero-order chi connectivity index (χ0) is 16.3. The maximum atomic E-state index is 12.6. The van der Waals surface area contributed by atoms with Crippen LogP contribution in [0.2, 0.25) is 0 Å². The lowest BCUT2D eigenvalue weighted by Gasteiger charge is -2.12. The molecule has 1 aromatic heterocycles. The molecular formula is C14H10F3NO3S. The van der Waals surface area contributed by atoms with E-state index in [2.05, 4.69) is 11.6 Å². The van der Waals surface area contributed by atoms with Crippen molar-refractivity contribution in [1.82, 2.24) is 4.98 Å². The van der Waals surface area contributed by atoms with Crippen LogP contribution in [0.15, 0.2) is 48.0 Å². The van der Waals surface area contributed by atoms with Gasteiger partial charge in [-0.2, -0.15) is 13.2 Å². The number of hydrogen-bond acceptors (Lipinski definition) is 5. The average Bonchev–Trinajstić information content (AvgIpc) is 2.99. The highest BCUT2D eigenvalue weighted by atomic mass is 32.1. The standard InChI is InChI=1S/C14H10F3NO3S/c1-8(11(19)12-18-5-6-22-12)13(20)21-10-4-2-3-9(7-10)14(15,16)17/h2-7,11,19H,1H2. The number of nitrogens with zero attached hydrogens (tertiary/aromatic N) is 1. The van der Waals surface area contributed by atoms with Crippen LogP contribution in [-0.2, 0) is 11.0 Å². The van der Waals surface area contributed by atoms with Gasteiger partial charge in [-0.1, -0.05) is 12.6 Å². The summed E-state index contributed by atoms with van der Waals surface area (Å²) in [5, 5.41) is 11.7. The van der Waals surface area contributed by atoms with Crippen LogP contribution in [0.25, 0.3) is 0 Å². The van der Waals surface area contributed by atoms with E-state index in [1.807, 2.05) is 0 Å². The van der Waals surface area contributed by atoms with Crippen LogP contribution in [0.4, 0.5) is 13.2 Å². The van der Waals surface area contributed by atoms with E-state index in [9.17, 15) is 23.1 Å². The fourth-order valence-corrected chi connectivity index (χ4v) is 2.19. The van der Waals surface area contributed by atoms with Crippen molar-refractivity contribution < 1.29 is 27.8 Å². The predicted octanol–water partition coefficient (Wildman–Crippen LogP) is 3.36. The van der Waals surface area contributed by atoms with E-state index in [0.29, 0.717) is 6.07 Å². The third-order valence-electron chi connectivity index (χ3n) is 2.65. The maximum absolute atomic E-state index is 12.6. The normalized spacial score (nSPS) is 12.7. The first-order valence-electron chi connectivity index (χ1n) is 5.94. The van der Waals surface area contributed by atoms with Crippen LogP contribution in [0.5, 0.6) is 5.75 Å². The summed E-state index contributed by atoms with van der Waals surface area (Å²) in [6, 6.07) is 3.87. The molecule has 2 rings (SSSR count). The number of esters is 1.